The number of nitrogens with zero attached hydrogens (tertiary/aromatic N) is 3. The summed E-state index contributed by atoms with van der Waals surface area (Å²) in [6.07, 6.45) is 0.808. The van der Waals surface area contributed by atoms with Crippen LogP contribution in [0.3, 0.4) is 0 Å². The Morgan fingerprint density at radius 1 is 1.47 bits per heavy atom. The van der Waals surface area contributed by atoms with Crippen LogP contribution in [0, 0.1) is 13.8 Å². The Bertz CT molecular complexity index is 565. The summed E-state index contributed by atoms with van der Waals surface area (Å²) in [7, 11) is 2.01. The van der Waals surface area contributed by atoms with E-state index >= 15 is 0 Å². The lowest BCUT2D eigenvalue weighted by atomic mass is 10.1. The van der Waals surface area contributed by atoms with Crippen LogP contribution in [0.2, 0.25) is 0 Å². The second-order valence-electron chi connectivity index (χ2n) is 5.19. The molecule has 1 aliphatic heterocycles. The number of carbonyl (C=O) groups is 1. The third-order valence-corrected chi connectivity index (χ3v) is 3.76. The van der Waals surface area contributed by atoms with Gasteiger partial charge in [-0.25, -0.2) is 4.79 Å². The second kappa shape index (κ2) is 5.13. The van der Waals surface area contributed by atoms with Crippen molar-refractivity contribution in [2.45, 2.75) is 32.7 Å². The maximum absolute atomic E-state index is 12.1. The van der Waals surface area contributed by atoms with Gasteiger partial charge in [0.05, 0.1) is 12.5 Å². The largest absolute Gasteiger partial charge is 0.481 e. The molecular formula is C13H19N3O3. The number of carboxylic acid groups (broad SMARTS) is 1. The molecule has 1 aromatic rings. The molecule has 0 amide bonds. The monoisotopic (exact) mass is 265 g/mol. The highest BCUT2D eigenvalue weighted by Gasteiger charge is 2.25. The first-order chi connectivity index (χ1) is 8.90. The summed E-state index contributed by atoms with van der Waals surface area (Å²) in [5.74, 6) is -0.901. The Morgan fingerprint density at radius 3 is 2.68 bits per heavy atom. The first-order valence-electron chi connectivity index (χ1n) is 6.39. The Kier molecular flexibility index (Phi) is 3.71. The molecule has 0 bridgehead atoms. The van der Waals surface area contributed by atoms with Gasteiger partial charge in [0.15, 0.2) is 0 Å². The van der Waals surface area contributed by atoms with Crippen molar-refractivity contribution in [3.8, 4) is 0 Å². The maximum atomic E-state index is 12.1. The summed E-state index contributed by atoms with van der Waals surface area (Å²) in [6.45, 7) is 5.25. The third-order valence-electron chi connectivity index (χ3n) is 3.76. The predicted octanol–water partition coefficient (Wildman–Crippen LogP) is 0.364. The average molecular weight is 265 g/mol. The number of likely N-dealkylation sites (N-methyl/N-ethyl adjacent to an activating group) is 1. The van der Waals surface area contributed by atoms with Crippen LogP contribution in [0.25, 0.3) is 0 Å². The van der Waals surface area contributed by atoms with Crippen LogP contribution in [0.5, 0.6) is 0 Å². The molecule has 1 aromatic heterocycles. The number of hydrogen-bond donors (Lipinski definition) is 1. The van der Waals surface area contributed by atoms with Crippen LogP contribution in [-0.2, 0) is 11.2 Å². The molecule has 19 heavy (non-hydrogen) atoms. The summed E-state index contributed by atoms with van der Waals surface area (Å²) in [6, 6.07) is 0.0955. The molecule has 0 aromatic carbocycles. The lowest BCUT2D eigenvalue weighted by molar-refractivity contribution is -0.136. The van der Waals surface area contributed by atoms with Gasteiger partial charge in [-0.2, -0.15) is 4.98 Å². The summed E-state index contributed by atoms with van der Waals surface area (Å²) in [5.41, 5.74) is 1.64. The molecule has 1 aliphatic rings. The van der Waals surface area contributed by atoms with Crippen LogP contribution in [0.4, 0.5) is 0 Å². The summed E-state index contributed by atoms with van der Waals surface area (Å²) < 4.78 is 1.66. The van der Waals surface area contributed by atoms with Gasteiger partial charge in [-0.15, -0.1) is 0 Å². The van der Waals surface area contributed by atoms with Gasteiger partial charge in [-0.1, -0.05) is 0 Å². The molecule has 1 saturated heterocycles. The van der Waals surface area contributed by atoms with Gasteiger partial charge in [0, 0.05) is 23.5 Å². The van der Waals surface area contributed by atoms with Gasteiger partial charge < -0.3 is 10.0 Å². The van der Waals surface area contributed by atoms with E-state index in [2.05, 4.69) is 9.88 Å². The van der Waals surface area contributed by atoms with Gasteiger partial charge in [-0.05, 0) is 33.9 Å². The van der Waals surface area contributed by atoms with E-state index in [9.17, 15) is 9.59 Å². The number of likely N-dealkylation sites (tertiary alicyclic amines) is 1. The number of hydrogen-bond acceptors (Lipinski definition) is 4. The number of aryl methyl sites for hydroxylation is 1. The minimum absolute atomic E-state index is 0.0898. The number of aromatic nitrogens is 2. The second-order valence-corrected chi connectivity index (χ2v) is 5.19. The van der Waals surface area contributed by atoms with Crippen molar-refractivity contribution in [3.63, 3.8) is 0 Å². The quantitative estimate of drug-likeness (QED) is 0.854. The zero-order valence-electron chi connectivity index (χ0n) is 11.5. The Labute approximate surface area is 111 Å². The average Bonchev–Trinajstić information content (AvgIpc) is 2.70. The molecule has 2 rings (SSSR count). The third kappa shape index (κ3) is 2.68. The molecule has 0 radical (unpaired) electrons. The summed E-state index contributed by atoms with van der Waals surface area (Å²) in [5, 5.41) is 8.96. The molecule has 1 fully saturated rings. The normalized spacial score (nSPS) is 19.8. The van der Waals surface area contributed by atoms with E-state index in [4.69, 9.17) is 5.11 Å². The first kappa shape index (κ1) is 13.7. The van der Waals surface area contributed by atoms with Crippen LogP contribution in [-0.4, -0.2) is 45.7 Å². The van der Waals surface area contributed by atoms with Gasteiger partial charge in [-0.3, -0.25) is 9.36 Å². The van der Waals surface area contributed by atoms with Crippen molar-refractivity contribution in [2.24, 2.45) is 0 Å². The van der Waals surface area contributed by atoms with Crippen molar-refractivity contribution in [3.05, 3.63) is 27.4 Å². The van der Waals surface area contributed by atoms with E-state index in [1.807, 2.05) is 14.0 Å². The van der Waals surface area contributed by atoms with Crippen molar-refractivity contribution < 1.29 is 9.90 Å². The minimum Gasteiger partial charge on any atom is -0.481 e. The van der Waals surface area contributed by atoms with E-state index < -0.39 is 5.97 Å². The van der Waals surface area contributed by atoms with Crippen LogP contribution in [0.1, 0.15) is 29.4 Å². The molecular weight excluding hydrogens is 246 g/mol. The minimum atomic E-state index is -0.901. The van der Waals surface area contributed by atoms with E-state index in [1.165, 1.54) is 0 Å². The predicted molar refractivity (Wildman–Crippen MR) is 70.5 cm³/mol. The van der Waals surface area contributed by atoms with E-state index in [0.717, 1.165) is 25.2 Å². The van der Waals surface area contributed by atoms with Gasteiger partial charge >= 0.3 is 11.7 Å². The number of rotatable bonds is 3. The maximum Gasteiger partial charge on any atom is 0.348 e. The van der Waals surface area contributed by atoms with Gasteiger partial charge in [0.1, 0.15) is 0 Å². The SMILES string of the molecule is Cc1nc(=O)n(C2CCN(C)C2)c(C)c1CC(=O)O. The summed E-state index contributed by atoms with van der Waals surface area (Å²) >= 11 is 0. The van der Waals surface area contributed by atoms with Crippen molar-refractivity contribution in [2.75, 3.05) is 20.1 Å². The number of aliphatic carboxylic acids is 1. The van der Waals surface area contributed by atoms with E-state index in [-0.39, 0.29) is 18.2 Å². The molecule has 0 saturated carbocycles. The van der Waals surface area contributed by atoms with E-state index in [1.54, 1.807) is 11.5 Å². The molecule has 1 atom stereocenters. The molecule has 2 heterocycles. The molecule has 6 nitrogen and oxygen atoms in total. The topological polar surface area (TPSA) is 75.4 Å². The highest BCUT2D eigenvalue weighted by Crippen LogP contribution is 2.22. The van der Waals surface area contributed by atoms with Crippen molar-refractivity contribution in [1.82, 2.24) is 14.5 Å². The van der Waals surface area contributed by atoms with Gasteiger partial charge in [0.25, 0.3) is 0 Å². The zero-order chi connectivity index (χ0) is 14.2. The van der Waals surface area contributed by atoms with Crippen molar-refractivity contribution in [1.29, 1.82) is 0 Å². The Morgan fingerprint density at radius 2 is 2.16 bits per heavy atom. The standard InChI is InChI=1S/C13H19N3O3/c1-8-11(6-12(17)18)9(2)16(13(19)14-8)10-4-5-15(3)7-10/h10H,4-7H2,1-3H3,(H,17,18). The lowest BCUT2D eigenvalue weighted by Gasteiger charge is -2.19. The smallest absolute Gasteiger partial charge is 0.348 e. The fourth-order valence-electron chi connectivity index (χ4n) is 2.78. The Balaban J connectivity index is 2.49. The zero-order valence-corrected chi connectivity index (χ0v) is 11.5. The number of carboxylic acids is 1. The van der Waals surface area contributed by atoms with Crippen molar-refractivity contribution >= 4 is 5.97 Å². The fourth-order valence-corrected chi connectivity index (χ4v) is 2.78. The first-order valence-corrected chi connectivity index (χ1v) is 6.39. The molecule has 1 unspecified atom stereocenters. The highest BCUT2D eigenvalue weighted by molar-refractivity contribution is 5.70. The van der Waals surface area contributed by atoms with E-state index in [0.29, 0.717) is 11.3 Å². The van der Waals surface area contributed by atoms with Crippen LogP contribution in [0.15, 0.2) is 4.79 Å². The fraction of sp³-hybridized carbons (Fsp3) is 0.615. The molecule has 0 spiro atoms. The Hall–Kier alpha value is -1.69. The molecule has 0 aliphatic carbocycles. The van der Waals surface area contributed by atoms with Crippen LogP contribution < -0.4 is 5.69 Å². The lowest BCUT2D eigenvalue weighted by Crippen LogP contribution is -2.32. The van der Waals surface area contributed by atoms with Crippen LogP contribution >= 0.6 is 0 Å². The highest BCUT2D eigenvalue weighted by atomic mass is 16.4. The van der Waals surface area contributed by atoms with Gasteiger partial charge in [0.2, 0.25) is 0 Å². The molecule has 104 valence electrons. The molecule has 6 heteroatoms. The summed E-state index contributed by atoms with van der Waals surface area (Å²) in [4.78, 5) is 29.1. The molecule has 1 N–H and O–H groups in total.